The quantitative estimate of drug-likeness (QED) is 0.556. The number of hydrogen-bond donors (Lipinski definition) is 1. The van der Waals surface area contributed by atoms with Crippen LogP contribution in [0.15, 0.2) is 47.0 Å². The second-order valence-electron chi connectivity index (χ2n) is 5.98. The van der Waals surface area contributed by atoms with Crippen molar-refractivity contribution >= 4 is 32.6 Å². The zero-order chi connectivity index (χ0) is 18.3. The highest BCUT2D eigenvalue weighted by Crippen LogP contribution is 2.27. The fourth-order valence-corrected chi connectivity index (χ4v) is 3.47. The van der Waals surface area contributed by atoms with E-state index in [9.17, 15) is 9.18 Å². The number of aryl methyl sites for hydroxylation is 2. The van der Waals surface area contributed by atoms with Crippen LogP contribution in [0.3, 0.4) is 0 Å². The van der Waals surface area contributed by atoms with E-state index >= 15 is 0 Å². The Morgan fingerprint density at radius 2 is 2.00 bits per heavy atom. The number of halogens is 1. The molecule has 0 saturated carbocycles. The van der Waals surface area contributed by atoms with E-state index in [2.05, 4.69) is 15.5 Å². The fraction of sp³-hybridized carbons (Fsp3) is 0.105. The number of aromatic nitrogens is 2. The zero-order valence-electron chi connectivity index (χ0n) is 14.0. The predicted molar refractivity (Wildman–Crippen MR) is 98.9 cm³/mol. The van der Waals surface area contributed by atoms with Gasteiger partial charge in [-0.05, 0) is 43.2 Å². The van der Waals surface area contributed by atoms with Crippen LogP contribution >= 0.6 is 11.3 Å². The van der Waals surface area contributed by atoms with Gasteiger partial charge in [-0.25, -0.2) is 9.37 Å². The Morgan fingerprint density at radius 1 is 1.15 bits per heavy atom. The molecular formula is C19H14FN3O2S. The van der Waals surface area contributed by atoms with Gasteiger partial charge in [0.15, 0.2) is 16.6 Å². The van der Waals surface area contributed by atoms with Gasteiger partial charge in [-0.2, -0.15) is 0 Å². The molecule has 130 valence electrons. The standard InChI is InChI=1S/C19H14FN3O2S/c1-10-3-6-14-17(7-10)26-19(21-14)22-18(24)15-9-16(25-23-15)12-5-4-11(2)13(20)8-12/h3-9H,1-2H3,(H,21,22,24). The number of amides is 1. The first-order chi connectivity index (χ1) is 12.5. The van der Waals surface area contributed by atoms with Crippen molar-refractivity contribution < 1.29 is 13.7 Å². The summed E-state index contributed by atoms with van der Waals surface area (Å²) in [5, 5.41) is 6.99. The van der Waals surface area contributed by atoms with Gasteiger partial charge >= 0.3 is 0 Å². The van der Waals surface area contributed by atoms with Gasteiger partial charge in [0.2, 0.25) is 0 Å². The normalized spacial score (nSPS) is 11.0. The molecular weight excluding hydrogens is 353 g/mol. The van der Waals surface area contributed by atoms with Gasteiger partial charge in [-0.3, -0.25) is 10.1 Å². The largest absolute Gasteiger partial charge is 0.355 e. The maximum Gasteiger partial charge on any atom is 0.279 e. The molecule has 0 saturated heterocycles. The first kappa shape index (κ1) is 16.4. The van der Waals surface area contributed by atoms with Gasteiger partial charge in [0, 0.05) is 11.6 Å². The van der Waals surface area contributed by atoms with Crippen molar-refractivity contribution in [1.82, 2.24) is 10.1 Å². The molecule has 4 rings (SSSR count). The van der Waals surface area contributed by atoms with Crippen molar-refractivity contribution in [2.75, 3.05) is 5.32 Å². The second kappa shape index (κ2) is 6.34. The molecule has 0 bridgehead atoms. The molecule has 0 aliphatic carbocycles. The summed E-state index contributed by atoms with van der Waals surface area (Å²) in [7, 11) is 0. The van der Waals surface area contributed by atoms with Crippen LogP contribution in [0, 0.1) is 19.7 Å². The van der Waals surface area contributed by atoms with Crippen LogP contribution in [-0.4, -0.2) is 16.0 Å². The van der Waals surface area contributed by atoms with Crippen LogP contribution in [0.4, 0.5) is 9.52 Å². The average molecular weight is 367 g/mol. The number of benzene rings is 2. The smallest absolute Gasteiger partial charge is 0.279 e. The van der Waals surface area contributed by atoms with E-state index in [1.54, 1.807) is 19.1 Å². The molecule has 2 aromatic heterocycles. The van der Waals surface area contributed by atoms with Gasteiger partial charge in [0.05, 0.1) is 10.2 Å². The molecule has 4 aromatic rings. The third-order valence-corrected chi connectivity index (χ3v) is 4.90. The van der Waals surface area contributed by atoms with Gasteiger partial charge in [-0.15, -0.1) is 0 Å². The lowest BCUT2D eigenvalue weighted by molar-refractivity contribution is 0.101. The molecule has 0 aliphatic rings. The molecule has 2 heterocycles. The number of anilines is 1. The van der Waals surface area contributed by atoms with Gasteiger partial charge < -0.3 is 4.52 Å². The van der Waals surface area contributed by atoms with Gasteiger partial charge in [0.1, 0.15) is 5.82 Å². The Hall–Kier alpha value is -3.06. The van der Waals surface area contributed by atoms with Crippen LogP contribution in [0.1, 0.15) is 21.6 Å². The first-order valence-electron chi connectivity index (χ1n) is 7.91. The minimum Gasteiger partial charge on any atom is -0.355 e. The number of carbonyl (C=O) groups is 1. The third kappa shape index (κ3) is 3.09. The number of nitrogens with one attached hydrogen (secondary N) is 1. The lowest BCUT2D eigenvalue weighted by atomic mass is 10.1. The molecule has 1 N–H and O–H groups in total. The van der Waals surface area contributed by atoms with Crippen LogP contribution < -0.4 is 5.32 Å². The van der Waals surface area contributed by atoms with Crippen molar-refractivity contribution in [3.63, 3.8) is 0 Å². The number of nitrogens with zero attached hydrogens (tertiary/aromatic N) is 2. The summed E-state index contributed by atoms with van der Waals surface area (Å²) < 4.78 is 19.9. The van der Waals surface area contributed by atoms with Gasteiger partial charge in [0.25, 0.3) is 5.91 Å². The highest BCUT2D eigenvalue weighted by atomic mass is 32.1. The highest BCUT2D eigenvalue weighted by Gasteiger charge is 2.16. The molecule has 0 radical (unpaired) electrons. The molecule has 7 heteroatoms. The number of fused-ring (bicyclic) bond motifs is 1. The fourth-order valence-electron chi connectivity index (χ4n) is 2.51. The summed E-state index contributed by atoms with van der Waals surface area (Å²) in [6.45, 7) is 3.68. The summed E-state index contributed by atoms with van der Waals surface area (Å²) in [5.41, 5.74) is 3.13. The molecule has 26 heavy (non-hydrogen) atoms. The molecule has 2 aromatic carbocycles. The summed E-state index contributed by atoms with van der Waals surface area (Å²) in [6, 6.07) is 12.1. The number of thiazole rings is 1. The summed E-state index contributed by atoms with van der Waals surface area (Å²) >= 11 is 1.39. The zero-order valence-corrected chi connectivity index (χ0v) is 14.9. The molecule has 0 aliphatic heterocycles. The third-order valence-electron chi connectivity index (χ3n) is 3.96. The lowest BCUT2D eigenvalue weighted by Crippen LogP contribution is -2.11. The van der Waals surface area contributed by atoms with Crippen molar-refractivity contribution in [2.45, 2.75) is 13.8 Å². The van der Waals surface area contributed by atoms with E-state index in [1.807, 2.05) is 25.1 Å². The molecule has 0 spiro atoms. The predicted octanol–water partition coefficient (Wildman–Crippen LogP) is 4.96. The highest BCUT2D eigenvalue weighted by molar-refractivity contribution is 7.22. The second-order valence-corrected chi connectivity index (χ2v) is 7.02. The lowest BCUT2D eigenvalue weighted by Gasteiger charge is -1.98. The summed E-state index contributed by atoms with van der Waals surface area (Å²) in [5.74, 6) is -0.438. The topological polar surface area (TPSA) is 68.0 Å². The van der Waals surface area contributed by atoms with Crippen LogP contribution in [0.2, 0.25) is 0 Å². The number of hydrogen-bond acceptors (Lipinski definition) is 5. The van der Waals surface area contributed by atoms with Crippen LogP contribution in [0.25, 0.3) is 21.5 Å². The van der Waals surface area contributed by atoms with Crippen molar-refractivity contribution in [3.8, 4) is 11.3 Å². The first-order valence-corrected chi connectivity index (χ1v) is 8.73. The summed E-state index contributed by atoms with van der Waals surface area (Å²) in [4.78, 5) is 16.8. The number of rotatable bonds is 3. The van der Waals surface area contributed by atoms with Crippen molar-refractivity contribution in [3.05, 3.63) is 65.1 Å². The minimum atomic E-state index is -0.427. The average Bonchev–Trinajstić information content (AvgIpc) is 3.23. The Morgan fingerprint density at radius 3 is 2.81 bits per heavy atom. The Balaban J connectivity index is 1.56. The van der Waals surface area contributed by atoms with Gasteiger partial charge in [-0.1, -0.05) is 34.7 Å². The van der Waals surface area contributed by atoms with Crippen LogP contribution in [-0.2, 0) is 0 Å². The van der Waals surface area contributed by atoms with E-state index in [0.29, 0.717) is 22.0 Å². The number of carbonyl (C=O) groups excluding carboxylic acids is 1. The molecule has 1 amide bonds. The van der Waals surface area contributed by atoms with Crippen molar-refractivity contribution in [1.29, 1.82) is 0 Å². The van der Waals surface area contributed by atoms with E-state index in [0.717, 1.165) is 15.8 Å². The summed E-state index contributed by atoms with van der Waals surface area (Å²) in [6.07, 6.45) is 0. The van der Waals surface area contributed by atoms with Crippen LogP contribution in [0.5, 0.6) is 0 Å². The van der Waals surface area contributed by atoms with E-state index < -0.39 is 5.91 Å². The maximum absolute atomic E-state index is 13.7. The van der Waals surface area contributed by atoms with E-state index in [-0.39, 0.29) is 11.5 Å². The molecule has 0 unspecified atom stereocenters. The Bertz CT molecular complexity index is 1130. The maximum atomic E-state index is 13.7. The van der Waals surface area contributed by atoms with E-state index in [4.69, 9.17) is 4.52 Å². The molecule has 0 fully saturated rings. The SMILES string of the molecule is Cc1ccc2nc(NC(=O)c3cc(-c4ccc(C)c(F)c4)on3)sc2c1. The monoisotopic (exact) mass is 367 g/mol. The van der Waals surface area contributed by atoms with E-state index in [1.165, 1.54) is 23.5 Å². The molecule has 0 atom stereocenters. The molecule has 5 nitrogen and oxygen atoms in total. The minimum absolute atomic E-state index is 0.108. The van der Waals surface area contributed by atoms with Crippen molar-refractivity contribution in [2.24, 2.45) is 0 Å². The Kier molecular flexibility index (Phi) is 4.00. The Labute approximate surface area is 152 Å².